The van der Waals surface area contributed by atoms with Crippen molar-refractivity contribution in [1.82, 2.24) is 4.98 Å². The van der Waals surface area contributed by atoms with Crippen molar-refractivity contribution in [2.75, 3.05) is 11.9 Å². The molecular formula is C21H19N3O2S2. The summed E-state index contributed by atoms with van der Waals surface area (Å²) in [6.07, 6.45) is 1.60. The van der Waals surface area contributed by atoms with Gasteiger partial charge in [0.05, 0.1) is 17.9 Å². The third kappa shape index (κ3) is 4.14. The molecule has 142 valence electrons. The lowest BCUT2D eigenvalue weighted by Gasteiger charge is -2.05. The SMILES string of the molecule is CCOC(=O)c1c(NC=C(C#N)c2nc(-c3ccccc3)cs2)sc(C)c1C. The Kier molecular flexibility index (Phi) is 6.24. The number of ether oxygens (including phenoxy) is 1. The highest BCUT2D eigenvalue weighted by molar-refractivity contribution is 7.16. The molecule has 0 saturated heterocycles. The summed E-state index contributed by atoms with van der Waals surface area (Å²) in [7, 11) is 0. The molecule has 0 aliphatic carbocycles. The van der Waals surface area contributed by atoms with Crippen LogP contribution in [0.4, 0.5) is 5.00 Å². The molecular weight excluding hydrogens is 390 g/mol. The number of rotatable bonds is 6. The van der Waals surface area contributed by atoms with Crippen LogP contribution in [-0.2, 0) is 4.74 Å². The number of nitrogens with one attached hydrogen (secondary N) is 1. The number of hydrogen-bond acceptors (Lipinski definition) is 7. The van der Waals surface area contributed by atoms with E-state index in [1.54, 1.807) is 13.1 Å². The van der Waals surface area contributed by atoms with Gasteiger partial charge in [-0.3, -0.25) is 0 Å². The van der Waals surface area contributed by atoms with E-state index in [1.807, 2.05) is 49.6 Å². The van der Waals surface area contributed by atoms with Crippen LogP contribution in [0.15, 0.2) is 41.9 Å². The van der Waals surface area contributed by atoms with E-state index >= 15 is 0 Å². The molecule has 0 atom stereocenters. The Morgan fingerprint density at radius 1 is 1.32 bits per heavy atom. The summed E-state index contributed by atoms with van der Waals surface area (Å²) in [5, 5.41) is 15.9. The number of carbonyl (C=O) groups excluding carboxylic acids is 1. The molecule has 0 spiro atoms. The summed E-state index contributed by atoms with van der Waals surface area (Å²) in [5.74, 6) is -0.362. The highest BCUT2D eigenvalue weighted by Crippen LogP contribution is 2.34. The molecule has 3 rings (SSSR count). The Hall–Kier alpha value is -2.95. The molecule has 5 nitrogen and oxygen atoms in total. The van der Waals surface area contributed by atoms with Gasteiger partial charge in [0.1, 0.15) is 21.7 Å². The monoisotopic (exact) mass is 409 g/mol. The normalized spacial score (nSPS) is 11.1. The maximum Gasteiger partial charge on any atom is 0.341 e. The lowest BCUT2D eigenvalue weighted by Crippen LogP contribution is -2.07. The van der Waals surface area contributed by atoms with E-state index in [1.165, 1.54) is 22.7 Å². The Morgan fingerprint density at radius 2 is 2.07 bits per heavy atom. The van der Waals surface area contributed by atoms with Crippen LogP contribution in [0.1, 0.15) is 32.7 Å². The fraction of sp³-hybridized carbons (Fsp3) is 0.190. The van der Waals surface area contributed by atoms with Crippen molar-refractivity contribution in [3.8, 4) is 17.3 Å². The van der Waals surface area contributed by atoms with Gasteiger partial charge in [-0.25, -0.2) is 9.78 Å². The Morgan fingerprint density at radius 3 is 2.75 bits per heavy atom. The molecule has 2 heterocycles. The maximum atomic E-state index is 12.3. The van der Waals surface area contributed by atoms with Crippen molar-refractivity contribution < 1.29 is 9.53 Å². The largest absolute Gasteiger partial charge is 0.462 e. The van der Waals surface area contributed by atoms with Crippen LogP contribution in [0.25, 0.3) is 16.8 Å². The average Bonchev–Trinajstić information content (AvgIpc) is 3.29. The minimum absolute atomic E-state index is 0.313. The van der Waals surface area contributed by atoms with E-state index in [4.69, 9.17) is 4.74 Å². The molecule has 7 heteroatoms. The topological polar surface area (TPSA) is 75.0 Å². The van der Waals surface area contributed by atoms with Gasteiger partial charge in [-0.1, -0.05) is 30.3 Å². The average molecular weight is 410 g/mol. The molecule has 0 aliphatic rings. The van der Waals surface area contributed by atoms with E-state index in [0.717, 1.165) is 21.7 Å². The van der Waals surface area contributed by atoms with Gasteiger partial charge in [0.15, 0.2) is 0 Å². The van der Waals surface area contributed by atoms with Gasteiger partial charge in [0.25, 0.3) is 0 Å². The summed E-state index contributed by atoms with van der Waals surface area (Å²) >= 11 is 2.87. The molecule has 0 saturated carbocycles. The molecule has 2 aromatic heterocycles. The molecule has 3 aromatic rings. The second kappa shape index (κ2) is 8.83. The summed E-state index contributed by atoms with van der Waals surface area (Å²) in [6, 6.07) is 12.0. The van der Waals surface area contributed by atoms with Gasteiger partial charge < -0.3 is 10.1 Å². The second-order valence-electron chi connectivity index (χ2n) is 5.93. The molecule has 0 aliphatic heterocycles. The highest BCUT2D eigenvalue weighted by Gasteiger charge is 2.20. The summed E-state index contributed by atoms with van der Waals surface area (Å²) in [5.41, 5.74) is 3.65. The zero-order valence-electron chi connectivity index (χ0n) is 15.8. The number of benzene rings is 1. The van der Waals surface area contributed by atoms with Crippen molar-refractivity contribution in [3.63, 3.8) is 0 Å². The quantitative estimate of drug-likeness (QED) is 0.421. The first-order valence-corrected chi connectivity index (χ1v) is 10.4. The predicted molar refractivity (Wildman–Crippen MR) is 115 cm³/mol. The molecule has 0 radical (unpaired) electrons. The van der Waals surface area contributed by atoms with Crippen molar-refractivity contribution in [2.24, 2.45) is 0 Å². The molecule has 28 heavy (non-hydrogen) atoms. The standard InChI is InChI=1S/C21H19N3O2S2/c1-4-26-21(25)18-13(2)14(3)28-20(18)23-11-16(10-22)19-24-17(12-27-19)15-8-6-5-7-9-15/h5-9,11-12,23H,4H2,1-3H3. The number of allylic oxidation sites excluding steroid dienone is 1. The minimum atomic E-state index is -0.362. The number of hydrogen-bond donors (Lipinski definition) is 1. The zero-order valence-corrected chi connectivity index (χ0v) is 17.4. The van der Waals surface area contributed by atoms with Crippen molar-refractivity contribution in [1.29, 1.82) is 5.26 Å². The lowest BCUT2D eigenvalue weighted by atomic mass is 10.1. The Labute approximate surface area is 171 Å². The maximum absolute atomic E-state index is 12.3. The molecule has 1 N–H and O–H groups in total. The third-order valence-electron chi connectivity index (χ3n) is 4.14. The summed E-state index contributed by atoms with van der Waals surface area (Å²) < 4.78 is 5.16. The van der Waals surface area contributed by atoms with Crippen molar-refractivity contribution in [2.45, 2.75) is 20.8 Å². The molecule has 0 bridgehead atoms. The second-order valence-corrected chi connectivity index (χ2v) is 8.01. The van der Waals surface area contributed by atoms with Gasteiger partial charge in [-0.2, -0.15) is 5.26 Å². The van der Waals surface area contributed by atoms with Gasteiger partial charge in [0, 0.05) is 22.0 Å². The number of nitrogens with zero attached hydrogens (tertiary/aromatic N) is 2. The van der Waals surface area contributed by atoms with Gasteiger partial charge in [-0.05, 0) is 26.3 Å². The smallest absolute Gasteiger partial charge is 0.341 e. The van der Waals surface area contributed by atoms with Crippen LogP contribution in [0.5, 0.6) is 0 Å². The summed E-state index contributed by atoms with van der Waals surface area (Å²) in [4.78, 5) is 17.9. The molecule has 0 fully saturated rings. The number of thiophene rings is 1. The fourth-order valence-electron chi connectivity index (χ4n) is 2.60. The van der Waals surface area contributed by atoms with Gasteiger partial charge >= 0.3 is 5.97 Å². The molecule has 0 amide bonds. The Bertz CT molecular complexity index is 1060. The van der Waals surface area contributed by atoms with Crippen LogP contribution >= 0.6 is 22.7 Å². The molecule has 1 aromatic carbocycles. The van der Waals surface area contributed by atoms with E-state index in [-0.39, 0.29) is 5.97 Å². The van der Waals surface area contributed by atoms with Crippen molar-refractivity contribution in [3.05, 3.63) is 62.9 Å². The van der Waals surface area contributed by atoms with E-state index in [9.17, 15) is 10.1 Å². The summed E-state index contributed by atoms with van der Waals surface area (Å²) in [6.45, 7) is 5.94. The Balaban J connectivity index is 1.88. The first-order chi connectivity index (χ1) is 13.5. The number of thiazole rings is 1. The fourth-order valence-corrected chi connectivity index (χ4v) is 4.41. The first-order valence-electron chi connectivity index (χ1n) is 8.70. The van der Waals surface area contributed by atoms with Crippen LogP contribution in [0.3, 0.4) is 0 Å². The number of carbonyl (C=O) groups is 1. The van der Waals surface area contributed by atoms with E-state index < -0.39 is 0 Å². The number of nitriles is 1. The number of aromatic nitrogens is 1. The first kappa shape index (κ1) is 19.8. The van der Waals surface area contributed by atoms with Crippen LogP contribution < -0.4 is 5.32 Å². The van der Waals surface area contributed by atoms with E-state index in [2.05, 4.69) is 16.4 Å². The van der Waals surface area contributed by atoms with E-state index in [0.29, 0.717) is 27.8 Å². The highest BCUT2D eigenvalue weighted by atomic mass is 32.1. The van der Waals surface area contributed by atoms with Crippen LogP contribution in [0.2, 0.25) is 0 Å². The zero-order chi connectivity index (χ0) is 20.1. The predicted octanol–water partition coefficient (Wildman–Crippen LogP) is 5.64. The number of aryl methyl sites for hydroxylation is 1. The van der Waals surface area contributed by atoms with Crippen LogP contribution in [0, 0.1) is 25.2 Å². The molecule has 0 unspecified atom stereocenters. The third-order valence-corrected chi connectivity index (χ3v) is 6.15. The van der Waals surface area contributed by atoms with Gasteiger partial charge in [0.2, 0.25) is 0 Å². The lowest BCUT2D eigenvalue weighted by molar-refractivity contribution is 0.0527. The van der Waals surface area contributed by atoms with Crippen molar-refractivity contribution >= 4 is 39.2 Å². The number of anilines is 1. The minimum Gasteiger partial charge on any atom is -0.462 e. The van der Waals surface area contributed by atoms with Crippen LogP contribution in [-0.4, -0.2) is 17.6 Å². The van der Waals surface area contributed by atoms with Gasteiger partial charge in [-0.15, -0.1) is 22.7 Å². The number of esters is 1.